The molecule has 0 saturated carbocycles. The zero-order chi connectivity index (χ0) is 16.9. The minimum absolute atomic E-state index is 0.208. The average Bonchev–Trinajstić information content (AvgIpc) is 3.05. The fraction of sp³-hybridized carbons (Fsp3) is 0.105. The molecule has 0 saturated heterocycles. The number of carbonyl (C=O) groups is 1. The SMILES string of the molecule is Cc1cc(F)ccc1NC(=O)c1cc(COc2ccccc2)cs1. The molecule has 0 aliphatic carbocycles. The van der Waals surface area contributed by atoms with Crippen molar-refractivity contribution in [1.29, 1.82) is 0 Å². The highest BCUT2D eigenvalue weighted by Crippen LogP contribution is 2.21. The summed E-state index contributed by atoms with van der Waals surface area (Å²) in [6.45, 7) is 2.16. The number of anilines is 1. The largest absolute Gasteiger partial charge is 0.489 e. The molecule has 0 aliphatic rings. The van der Waals surface area contributed by atoms with Gasteiger partial charge in [-0.25, -0.2) is 4.39 Å². The molecule has 0 aliphatic heterocycles. The Morgan fingerprint density at radius 2 is 1.96 bits per heavy atom. The molecule has 3 rings (SSSR count). The van der Waals surface area contributed by atoms with E-state index in [0.29, 0.717) is 22.7 Å². The first-order valence-corrected chi connectivity index (χ1v) is 8.32. The third-order valence-corrected chi connectivity index (χ3v) is 4.44. The van der Waals surface area contributed by atoms with Crippen LogP contribution in [0, 0.1) is 12.7 Å². The standard InChI is InChI=1S/C19H16FNO2S/c1-13-9-15(20)7-8-17(13)21-19(22)18-10-14(12-24-18)11-23-16-5-3-2-4-6-16/h2-10,12H,11H2,1H3,(H,21,22). The Morgan fingerprint density at radius 3 is 2.71 bits per heavy atom. The van der Waals surface area contributed by atoms with Gasteiger partial charge in [-0.3, -0.25) is 4.79 Å². The number of thiophene rings is 1. The van der Waals surface area contributed by atoms with Crippen molar-refractivity contribution < 1.29 is 13.9 Å². The molecule has 0 unspecified atom stereocenters. The van der Waals surface area contributed by atoms with Crippen LogP contribution in [0.15, 0.2) is 60.0 Å². The van der Waals surface area contributed by atoms with Gasteiger partial charge in [0.1, 0.15) is 18.2 Å². The number of ether oxygens (including phenoxy) is 1. The van der Waals surface area contributed by atoms with Crippen molar-refractivity contribution in [3.63, 3.8) is 0 Å². The van der Waals surface area contributed by atoms with Crippen LogP contribution in [0.25, 0.3) is 0 Å². The third-order valence-electron chi connectivity index (χ3n) is 3.46. The van der Waals surface area contributed by atoms with E-state index < -0.39 is 0 Å². The minimum Gasteiger partial charge on any atom is -0.489 e. The molecular formula is C19H16FNO2S. The summed E-state index contributed by atoms with van der Waals surface area (Å²) >= 11 is 1.35. The summed E-state index contributed by atoms with van der Waals surface area (Å²) in [7, 11) is 0. The monoisotopic (exact) mass is 341 g/mol. The number of hydrogen-bond acceptors (Lipinski definition) is 3. The number of para-hydroxylation sites is 1. The molecule has 24 heavy (non-hydrogen) atoms. The number of rotatable bonds is 5. The van der Waals surface area contributed by atoms with Gasteiger partial charge in [-0.1, -0.05) is 18.2 Å². The molecular weight excluding hydrogens is 325 g/mol. The molecule has 122 valence electrons. The van der Waals surface area contributed by atoms with Gasteiger partial charge in [0, 0.05) is 11.3 Å². The molecule has 1 heterocycles. The fourth-order valence-electron chi connectivity index (χ4n) is 2.20. The lowest BCUT2D eigenvalue weighted by Crippen LogP contribution is -2.11. The maximum Gasteiger partial charge on any atom is 0.265 e. The predicted octanol–water partition coefficient (Wildman–Crippen LogP) is 5.03. The van der Waals surface area contributed by atoms with E-state index in [2.05, 4.69) is 5.32 Å². The number of hydrogen-bond donors (Lipinski definition) is 1. The predicted molar refractivity (Wildman–Crippen MR) is 94.2 cm³/mol. The molecule has 0 bridgehead atoms. The summed E-state index contributed by atoms with van der Waals surface area (Å²) < 4.78 is 18.8. The number of nitrogens with one attached hydrogen (secondary N) is 1. The normalized spacial score (nSPS) is 10.4. The molecule has 1 aromatic heterocycles. The van der Waals surface area contributed by atoms with Crippen molar-refractivity contribution in [2.45, 2.75) is 13.5 Å². The van der Waals surface area contributed by atoms with Crippen molar-refractivity contribution in [3.05, 3.63) is 81.8 Å². The summed E-state index contributed by atoms with van der Waals surface area (Å²) in [6, 6.07) is 15.6. The van der Waals surface area contributed by atoms with Gasteiger partial charge in [0.2, 0.25) is 0 Å². The van der Waals surface area contributed by atoms with E-state index in [1.54, 1.807) is 13.0 Å². The third kappa shape index (κ3) is 4.00. The Bertz CT molecular complexity index is 846. The molecule has 2 aromatic carbocycles. The molecule has 0 spiro atoms. The van der Waals surface area contributed by atoms with E-state index in [-0.39, 0.29) is 11.7 Å². The smallest absolute Gasteiger partial charge is 0.265 e. The number of benzene rings is 2. The Hall–Kier alpha value is -2.66. The van der Waals surface area contributed by atoms with Gasteiger partial charge in [0.25, 0.3) is 5.91 Å². The number of aryl methyl sites for hydroxylation is 1. The molecule has 5 heteroatoms. The van der Waals surface area contributed by atoms with Gasteiger partial charge in [-0.05, 0) is 54.3 Å². The Kier molecular flexibility index (Phi) is 4.91. The summed E-state index contributed by atoms with van der Waals surface area (Å²) in [5.74, 6) is 0.263. The molecule has 1 N–H and O–H groups in total. The quantitative estimate of drug-likeness (QED) is 0.707. The van der Waals surface area contributed by atoms with Crippen LogP contribution in [0.5, 0.6) is 5.75 Å². The second-order valence-corrected chi connectivity index (χ2v) is 6.25. The van der Waals surface area contributed by atoms with Gasteiger partial charge in [-0.2, -0.15) is 0 Å². The van der Waals surface area contributed by atoms with Gasteiger partial charge < -0.3 is 10.1 Å². The second-order valence-electron chi connectivity index (χ2n) is 5.33. The Labute approximate surface area is 143 Å². The van der Waals surface area contributed by atoms with E-state index in [9.17, 15) is 9.18 Å². The summed E-state index contributed by atoms with van der Waals surface area (Å²) in [5.41, 5.74) is 2.23. The van der Waals surface area contributed by atoms with Gasteiger partial charge in [0.15, 0.2) is 0 Å². The van der Waals surface area contributed by atoms with E-state index in [1.807, 2.05) is 41.8 Å². The van der Waals surface area contributed by atoms with Gasteiger partial charge in [0.05, 0.1) is 4.88 Å². The van der Waals surface area contributed by atoms with Crippen LogP contribution in [0.4, 0.5) is 10.1 Å². The first kappa shape index (κ1) is 16.2. The number of halogens is 1. The minimum atomic E-state index is -0.318. The molecule has 3 aromatic rings. The van der Waals surface area contributed by atoms with Crippen LogP contribution in [-0.2, 0) is 6.61 Å². The van der Waals surface area contributed by atoms with Crippen molar-refractivity contribution in [3.8, 4) is 5.75 Å². The first-order valence-electron chi connectivity index (χ1n) is 7.44. The van der Waals surface area contributed by atoms with Crippen LogP contribution in [0.1, 0.15) is 20.8 Å². The zero-order valence-electron chi connectivity index (χ0n) is 13.1. The van der Waals surface area contributed by atoms with Crippen LogP contribution >= 0.6 is 11.3 Å². The molecule has 0 radical (unpaired) electrons. The van der Waals surface area contributed by atoms with E-state index in [0.717, 1.165) is 11.3 Å². The molecule has 0 fully saturated rings. The van der Waals surface area contributed by atoms with E-state index in [4.69, 9.17) is 4.74 Å². The van der Waals surface area contributed by atoms with Crippen LogP contribution in [0.2, 0.25) is 0 Å². The average molecular weight is 341 g/mol. The maximum atomic E-state index is 13.1. The number of carbonyl (C=O) groups excluding carboxylic acids is 1. The topological polar surface area (TPSA) is 38.3 Å². The second kappa shape index (κ2) is 7.27. The summed E-state index contributed by atoms with van der Waals surface area (Å²) in [6.07, 6.45) is 0. The molecule has 0 atom stereocenters. The highest BCUT2D eigenvalue weighted by Gasteiger charge is 2.11. The maximum absolute atomic E-state index is 13.1. The lowest BCUT2D eigenvalue weighted by atomic mass is 10.2. The van der Waals surface area contributed by atoms with Crippen molar-refractivity contribution in [2.75, 3.05) is 5.32 Å². The van der Waals surface area contributed by atoms with E-state index >= 15 is 0 Å². The Balaban J connectivity index is 1.63. The molecule has 3 nitrogen and oxygen atoms in total. The highest BCUT2D eigenvalue weighted by molar-refractivity contribution is 7.12. The Morgan fingerprint density at radius 1 is 1.17 bits per heavy atom. The van der Waals surface area contributed by atoms with Crippen LogP contribution < -0.4 is 10.1 Å². The number of amides is 1. The van der Waals surface area contributed by atoms with Crippen LogP contribution in [-0.4, -0.2) is 5.91 Å². The zero-order valence-corrected chi connectivity index (χ0v) is 13.9. The van der Waals surface area contributed by atoms with Crippen molar-refractivity contribution in [1.82, 2.24) is 0 Å². The lowest BCUT2D eigenvalue weighted by molar-refractivity contribution is 0.103. The van der Waals surface area contributed by atoms with Gasteiger partial charge >= 0.3 is 0 Å². The van der Waals surface area contributed by atoms with E-state index in [1.165, 1.54) is 23.5 Å². The fourth-order valence-corrected chi connectivity index (χ4v) is 3.00. The molecule has 1 amide bonds. The van der Waals surface area contributed by atoms with Crippen molar-refractivity contribution in [2.24, 2.45) is 0 Å². The summed E-state index contributed by atoms with van der Waals surface area (Å²) in [5, 5.41) is 4.70. The van der Waals surface area contributed by atoms with Crippen LogP contribution in [0.3, 0.4) is 0 Å². The highest BCUT2D eigenvalue weighted by atomic mass is 32.1. The summed E-state index contributed by atoms with van der Waals surface area (Å²) in [4.78, 5) is 12.9. The van der Waals surface area contributed by atoms with Crippen molar-refractivity contribution >= 4 is 22.9 Å². The lowest BCUT2D eigenvalue weighted by Gasteiger charge is -2.07. The first-order chi connectivity index (χ1) is 11.6. The van der Waals surface area contributed by atoms with Gasteiger partial charge in [-0.15, -0.1) is 11.3 Å².